The minimum atomic E-state index is -0.898. The molecule has 1 aliphatic heterocycles. The van der Waals surface area contributed by atoms with Gasteiger partial charge in [0.05, 0.1) is 17.6 Å². The third kappa shape index (κ3) is 4.05. The van der Waals surface area contributed by atoms with Gasteiger partial charge in [-0.2, -0.15) is 9.97 Å². The third-order valence-electron chi connectivity index (χ3n) is 6.09. The van der Waals surface area contributed by atoms with Crippen molar-refractivity contribution in [2.45, 2.75) is 33.1 Å². The Morgan fingerprint density at radius 1 is 1.00 bits per heavy atom. The molecule has 2 N–H and O–H groups in total. The van der Waals surface area contributed by atoms with Gasteiger partial charge < -0.3 is 15.5 Å². The molecule has 0 spiro atoms. The van der Waals surface area contributed by atoms with Gasteiger partial charge in [-0.3, -0.25) is 4.57 Å². The molecule has 0 atom stereocenters. The zero-order valence-electron chi connectivity index (χ0n) is 20.2. The zero-order valence-corrected chi connectivity index (χ0v) is 20.2. The molecule has 0 radical (unpaired) electrons. The third-order valence-corrected chi connectivity index (χ3v) is 6.09. The number of anilines is 5. The molecule has 180 valence electrons. The second-order valence-electron chi connectivity index (χ2n) is 9.32. The monoisotopic (exact) mass is 476 g/mol. The topological polar surface area (TPSA) is 83.8 Å². The molecule has 4 aromatic rings. The fraction of sp³-hybridized carbons (Fsp3) is 0.280. The summed E-state index contributed by atoms with van der Waals surface area (Å²) in [5.74, 6) is 0.676. The first-order chi connectivity index (χ1) is 16.7. The molecule has 0 aliphatic carbocycles. The van der Waals surface area contributed by atoms with Crippen molar-refractivity contribution in [3.05, 3.63) is 71.4 Å². The van der Waals surface area contributed by atoms with Gasteiger partial charge in [0.25, 0.3) is 0 Å². The summed E-state index contributed by atoms with van der Waals surface area (Å²) in [6, 6.07) is 5.84. The van der Waals surface area contributed by atoms with Crippen molar-refractivity contribution < 1.29 is 8.78 Å². The lowest BCUT2D eigenvalue weighted by molar-refractivity contribution is 0.508. The van der Waals surface area contributed by atoms with E-state index in [4.69, 9.17) is 9.97 Å². The highest BCUT2D eigenvalue weighted by atomic mass is 19.2. The lowest BCUT2D eigenvalue weighted by atomic mass is 9.88. The van der Waals surface area contributed by atoms with Crippen LogP contribution in [-0.4, -0.2) is 38.1 Å². The Balaban J connectivity index is 1.53. The number of aromatic nitrogens is 5. The average Bonchev–Trinajstić information content (AvgIpc) is 3.35. The molecule has 4 heterocycles. The average molecular weight is 477 g/mol. The Labute approximate surface area is 202 Å². The van der Waals surface area contributed by atoms with E-state index in [1.54, 1.807) is 25.6 Å². The molecule has 0 saturated carbocycles. The first kappa shape index (κ1) is 22.7. The fourth-order valence-electron chi connectivity index (χ4n) is 4.49. The quantitative estimate of drug-likeness (QED) is 0.411. The first-order valence-corrected chi connectivity index (χ1v) is 11.2. The summed E-state index contributed by atoms with van der Waals surface area (Å²) in [6.45, 7) is 8.59. The number of pyridine rings is 1. The largest absolute Gasteiger partial charge is 0.373 e. The SMILES string of the molecule is CNc1nc(Nc2cnc(-n3cnc(C)c3)c(C)c2)nc2c1C(C)(C)CN2c1ccc(F)c(F)c1. The van der Waals surface area contributed by atoms with Crippen molar-refractivity contribution in [1.29, 1.82) is 0 Å². The summed E-state index contributed by atoms with van der Waals surface area (Å²) < 4.78 is 29.5. The number of imidazole rings is 1. The Hall–Kier alpha value is -4.08. The maximum absolute atomic E-state index is 14.0. The van der Waals surface area contributed by atoms with Gasteiger partial charge in [0, 0.05) is 42.5 Å². The van der Waals surface area contributed by atoms with E-state index in [0.717, 1.165) is 34.4 Å². The lowest BCUT2D eigenvalue weighted by Gasteiger charge is -2.22. The molecular weight excluding hydrogens is 450 g/mol. The number of hydrogen-bond acceptors (Lipinski definition) is 7. The highest BCUT2D eigenvalue weighted by Gasteiger charge is 2.40. The molecule has 10 heteroatoms. The lowest BCUT2D eigenvalue weighted by Crippen LogP contribution is -2.25. The molecule has 0 bridgehead atoms. The molecule has 0 unspecified atom stereocenters. The van der Waals surface area contributed by atoms with Crippen molar-refractivity contribution in [2.24, 2.45) is 0 Å². The van der Waals surface area contributed by atoms with Gasteiger partial charge in [-0.05, 0) is 37.6 Å². The summed E-state index contributed by atoms with van der Waals surface area (Å²) in [6.07, 6.45) is 5.36. The van der Waals surface area contributed by atoms with E-state index in [1.807, 2.05) is 35.6 Å². The number of halogens is 2. The zero-order chi connectivity index (χ0) is 24.9. The van der Waals surface area contributed by atoms with Crippen LogP contribution in [0.3, 0.4) is 0 Å². The number of fused-ring (bicyclic) bond motifs is 1. The molecule has 1 aromatic carbocycles. The van der Waals surface area contributed by atoms with E-state index in [1.165, 1.54) is 6.07 Å². The van der Waals surface area contributed by atoms with Crippen LogP contribution in [-0.2, 0) is 5.41 Å². The van der Waals surface area contributed by atoms with Crippen molar-refractivity contribution in [3.63, 3.8) is 0 Å². The van der Waals surface area contributed by atoms with Crippen LogP contribution in [0.15, 0.2) is 43.0 Å². The maximum atomic E-state index is 14.0. The van der Waals surface area contributed by atoms with Crippen LogP contribution in [0.1, 0.15) is 30.7 Å². The van der Waals surface area contributed by atoms with Crippen LogP contribution in [0.5, 0.6) is 0 Å². The van der Waals surface area contributed by atoms with Crippen LogP contribution in [0, 0.1) is 25.5 Å². The Morgan fingerprint density at radius 2 is 1.80 bits per heavy atom. The summed E-state index contributed by atoms with van der Waals surface area (Å²) >= 11 is 0. The molecule has 0 saturated heterocycles. The normalized spacial score (nSPS) is 14.2. The van der Waals surface area contributed by atoms with Gasteiger partial charge in [0.15, 0.2) is 11.6 Å². The van der Waals surface area contributed by atoms with E-state index in [-0.39, 0.29) is 5.41 Å². The molecule has 5 rings (SSSR count). The Kier molecular flexibility index (Phi) is 5.38. The van der Waals surface area contributed by atoms with Gasteiger partial charge in [-0.1, -0.05) is 13.8 Å². The summed E-state index contributed by atoms with van der Waals surface area (Å²) in [7, 11) is 1.80. The van der Waals surface area contributed by atoms with Crippen molar-refractivity contribution in [3.8, 4) is 5.82 Å². The molecule has 35 heavy (non-hydrogen) atoms. The minimum Gasteiger partial charge on any atom is -0.373 e. The number of rotatable bonds is 5. The van der Waals surface area contributed by atoms with E-state index < -0.39 is 11.6 Å². The smallest absolute Gasteiger partial charge is 0.231 e. The van der Waals surface area contributed by atoms with E-state index in [0.29, 0.717) is 29.8 Å². The molecule has 8 nitrogen and oxygen atoms in total. The number of hydrogen-bond donors (Lipinski definition) is 2. The highest BCUT2D eigenvalue weighted by molar-refractivity contribution is 5.76. The van der Waals surface area contributed by atoms with Gasteiger partial charge in [0.1, 0.15) is 23.8 Å². The number of nitrogens with zero attached hydrogens (tertiary/aromatic N) is 6. The van der Waals surface area contributed by atoms with Crippen molar-refractivity contribution >= 4 is 29.0 Å². The molecule has 0 amide bonds. The molecule has 1 aliphatic rings. The summed E-state index contributed by atoms with van der Waals surface area (Å²) in [5, 5.41) is 6.41. The second-order valence-corrected chi connectivity index (χ2v) is 9.32. The van der Waals surface area contributed by atoms with Crippen LogP contribution in [0.4, 0.5) is 37.7 Å². The standard InChI is InChI=1S/C25H26F2N8/c1-14-8-16(10-29-22(14)34-11-15(2)30-13-34)31-24-32-21(28-5)20-23(33-24)35(12-25(20,3)4)17-6-7-18(26)19(27)9-17/h6-11,13H,12H2,1-5H3,(H2,28,31,32,33). The molecular formula is C25H26F2N8. The summed E-state index contributed by atoms with van der Waals surface area (Å²) in [4.78, 5) is 20.2. The summed E-state index contributed by atoms with van der Waals surface area (Å²) in [5.41, 5.74) is 3.71. The number of aryl methyl sites for hydroxylation is 2. The minimum absolute atomic E-state index is 0.320. The second kappa shape index (κ2) is 8.30. The van der Waals surface area contributed by atoms with Gasteiger partial charge in [-0.25, -0.2) is 18.7 Å². The Bertz CT molecular complexity index is 1430. The first-order valence-electron chi connectivity index (χ1n) is 11.2. The van der Waals surface area contributed by atoms with Gasteiger partial charge >= 0.3 is 0 Å². The van der Waals surface area contributed by atoms with Gasteiger partial charge in [-0.15, -0.1) is 0 Å². The fourth-order valence-corrected chi connectivity index (χ4v) is 4.49. The van der Waals surface area contributed by atoms with E-state index in [9.17, 15) is 8.78 Å². The molecule has 0 fully saturated rings. The molecule has 3 aromatic heterocycles. The number of benzene rings is 1. The maximum Gasteiger partial charge on any atom is 0.231 e. The van der Waals surface area contributed by atoms with Crippen LogP contribution in [0.2, 0.25) is 0 Å². The van der Waals surface area contributed by atoms with Crippen LogP contribution < -0.4 is 15.5 Å². The predicted molar refractivity (Wildman–Crippen MR) is 132 cm³/mol. The highest BCUT2D eigenvalue weighted by Crippen LogP contribution is 2.46. The number of nitrogens with one attached hydrogen (secondary N) is 2. The van der Waals surface area contributed by atoms with Crippen molar-refractivity contribution in [2.75, 3.05) is 29.1 Å². The van der Waals surface area contributed by atoms with E-state index >= 15 is 0 Å². The Morgan fingerprint density at radius 3 is 2.46 bits per heavy atom. The van der Waals surface area contributed by atoms with Gasteiger partial charge in [0.2, 0.25) is 5.95 Å². The predicted octanol–water partition coefficient (Wildman–Crippen LogP) is 5.17. The van der Waals surface area contributed by atoms with Crippen LogP contribution >= 0.6 is 0 Å². The van der Waals surface area contributed by atoms with Crippen LogP contribution in [0.25, 0.3) is 5.82 Å². The van der Waals surface area contributed by atoms with E-state index in [2.05, 4.69) is 34.4 Å². The van der Waals surface area contributed by atoms with Crippen molar-refractivity contribution in [1.82, 2.24) is 24.5 Å².